The summed E-state index contributed by atoms with van der Waals surface area (Å²) in [6.07, 6.45) is 0.614. The van der Waals surface area contributed by atoms with E-state index in [9.17, 15) is 24.5 Å². The van der Waals surface area contributed by atoms with Crippen molar-refractivity contribution in [2.45, 2.75) is 39.5 Å². The van der Waals surface area contributed by atoms with Crippen LogP contribution >= 0.6 is 0 Å². The molecule has 0 fully saturated rings. The molecule has 0 aliphatic rings. The predicted octanol–water partition coefficient (Wildman–Crippen LogP) is 2.82. The zero-order valence-electron chi connectivity index (χ0n) is 14.0. The number of ketones is 2. The van der Waals surface area contributed by atoms with Gasteiger partial charge in [0.05, 0.1) is 17.4 Å². The highest BCUT2D eigenvalue weighted by Gasteiger charge is 2.41. The van der Waals surface area contributed by atoms with Gasteiger partial charge in [-0.1, -0.05) is 25.1 Å². The maximum atomic E-state index is 12.6. The van der Waals surface area contributed by atoms with Gasteiger partial charge < -0.3 is 4.74 Å². The van der Waals surface area contributed by atoms with Crippen LogP contribution in [-0.4, -0.2) is 29.1 Å². The number of hydrogen-bond acceptors (Lipinski definition) is 6. The lowest BCUT2D eigenvalue weighted by Crippen LogP contribution is -2.35. The molecular weight excluding hydrogens is 314 g/mol. The van der Waals surface area contributed by atoms with E-state index in [0.29, 0.717) is 6.42 Å². The van der Waals surface area contributed by atoms with Crippen LogP contribution < -0.4 is 0 Å². The second kappa shape index (κ2) is 8.90. The molecule has 0 aromatic heterocycles. The van der Waals surface area contributed by atoms with Gasteiger partial charge in [0, 0.05) is 18.1 Å². The summed E-state index contributed by atoms with van der Waals surface area (Å²) in [4.78, 5) is 47.5. The Morgan fingerprint density at radius 3 is 2.33 bits per heavy atom. The lowest BCUT2D eigenvalue weighted by Gasteiger charge is -2.23. The summed E-state index contributed by atoms with van der Waals surface area (Å²) in [5.74, 6) is -4.38. The molecule has 0 saturated carbocycles. The number of rotatable bonds is 9. The molecule has 130 valence electrons. The van der Waals surface area contributed by atoms with E-state index in [1.165, 1.54) is 31.2 Å². The standard InChI is InChI=1S/C17H21NO6/c1-4-8-14(20)16(15(11(3)19)17(21)24-5-2)12-9-6-7-10-13(12)18(22)23/h6-7,9-10,15-16H,4-5,8H2,1-3H3. The van der Waals surface area contributed by atoms with Crippen molar-refractivity contribution >= 4 is 23.2 Å². The molecule has 0 amide bonds. The van der Waals surface area contributed by atoms with Gasteiger partial charge in [0.25, 0.3) is 5.69 Å². The fraction of sp³-hybridized carbons (Fsp3) is 0.471. The molecule has 7 nitrogen and oxygen atoms in total. The molecule has 0 aliphatic heterocycles. The lowest BCUT2D eigenvalue weighted by atomic mass is 9.78. The molecule has 1 rings (SSSR count). The Bertz CT molecular complexity index is 640. The van der Waals surface area contributed by atoms with E-state index >= 15 is 0 Å². The number of esters is 1. The van der Waals surface area contributed by atoms with Crippen LogP contribution in [0.3, 0.4) is 0 Å². The molecule has 1 aromatic rings. The maximum absolute atomic E-state index is 12.6. The predicted molar refractivity (Wildman–Crippen MR) is 86.6 cm³/mol. The van der Waals surface area contributed by atoms with E-state index in [4.69, 9.17) is 4.74 Å². The molecule has 0 saturated heterocycles. The maximum Gasteiger partial charge on any atom is 0.317 e. The summed E-state index contributed by atoms with van der Waals surface area (Å²) < 4.78 is 4.91. The average molecular weight is 335 g/mol. The van der Waals surface area contributed by atoms with Crippen molar-refractivity contribution in [1.29, 1.82) is 0 Å². The van der Waals surface area contributed by atoms with Gasteiger partial charge in [-0.25, -0.2) is 0 Å². The first kappa shape index (κ1) is 19.5. The molecule has 1 aromatic carbocycles. The van der Waals surface area contributed by atoms with Crippen molar-refractivity contribution in [3.8, 4) is 0 Å². The highest BCUT2D eigenvalue weighted by atomic mass is 16.6. The molecule has 0 N–H and O–H groups in total. The Kier molecular flexibility index (Phi) is 7.23. The number of nitro groups is 1. The largest absolute Gasteiger partial charge is 0.465 e. The van der Waals surface area contributed by atoms with Crippen LogP contribution in [0.5, 0.6) is 0 Å². The summed E-state index contributed by atoms with van der Waals surface area (Å²) in [6, 6.07) is 5.67. The third-order valence-corrected chi connectivity index (χ3v) is 3.62. The van der Waals surface area contributed by atoms with Gasteiger partial charge >= 0.3 is 5.97 Å². The highest BCUT2D eigenvalue weighted by Crippen LogP contribution is 2.35. The number of para-hydroxylation sites is 1. The van der Waals surface area contributed by atoms with E-state index in [2.05, 4.69) is 0 Å². The molecule has 0 aliphatic carbocycles. The number of ether oxygens (including phenoxy) is 1. The van der Waals surface area contributed by atoms with E-state index in [1.807, 2.05) is 0 Å². The van der Waals surface area contributed by atoms with Crippen molar-refractivity contribution in [1.82, 2.24) is 0 Å². The van der Waals surface area contributed by atoms with Crippen molar-refractivity contribution < 1.29 is 24.0 Å². The zero-order valence-corrected chi connectivity index (χ0v) is 14.0. The third kappa shape index (κ3) is 4.47. The average Bonchev–Trinajstić information content (AvgIpc) is 2.52. The van der Waals surface area contributed by atoms with E-state index in [0.717, 1.165) is 0 Å². The van der Waals surface area contributed by atoms with Gasteiger partial charge in [-0.05, 0) is 20.3 Å². The van der Waals surface area contributed by atoms with Crippen molar-refractivity contribution in [3.05, 3.63) is 39.9 Å². The first-order chi connectivity index (χ1) is 11.3. The smallest absolute Gasteiger partial charge is 0.317 e. The zero-order chi connectivity index (χ0) is 18.3. The van der Waals surface area contributed by atoms with Gasteiger partial charge in [-0.15, -0.1) is 0 Å². The first-order valence-corrected chi connectivity index (χ1v) is 7.78. The molecule has 0 bridgehead atoms. The van der Waals surface area contributed by atoms with Crippen LogP contribution in [0, 0.1) is 16.0 Å². The summed E-state index contributed by atoms with van der Waals surface area (Å²) >= 11 is 0. The Balaban J connectivity index is 3.51. The minimum Gasteiger partial charge on any atom is -0.465 e. The number of nitrogens with zero attached hydrogens (tertiary/aromatic N) is 1. The Labute approximate surface area is 140 Å². The van der Waals surface area contributed by atoms with Crippen LogP contribution in [-0.2, 0) is 19.1 Å². The monoisotopic (exact) mass is 335 g/mol. The SMILES string of the molecule is CCCC(=O)C(c1ccccc1[N+](=O)[O-])C(C(C)=O)C(=O)OCC. The minimum atomic E-state index is -1.38. The Morgan fingerprint density at radius 2 is 1.83 bits per heavy atom. The Morgan fingerprint density at radius 1 is 1.21 bits per heavy atom. The number of hydrogen-bond donors (Lipinski definition) is 0. The number of benzene rings is 1. The van der Waals surface area contributed by atoms with Gasteiger partial charge in [0.2, 0.25) is 0 Å². The van der Waals surface area contributed by atoms with E-state index in [-0.39, 0.29) is 30.1 Å². The second-order valence-electron chi connectivity index (χ2n) is 5.35. The van der Waals surface area contributed by atoms with Gasteiger partial charge in [0.15, 0.2) is 0 Å². The van der Waals surface area contributed by atoms with Crippen molar-refractivity contribution in [3.63, 3.8) is 0 Å². The number of nitro benzene ring substituents is 1. The van der Waals surface area contributed by atoms with Gasteiger partial charge in [0.1, 0.15) is 17.5 Å². The third-order valence-electron chi connectivity index (χ3n) is 3.62. The summed E-state index contributed by atoms with van der Waals surface area (Å²) in [7, 11) is 0. The fourth-order valence-corrected chi connectivity index (χ4v) is 2.63. The Hall–Kier alpha value is -2.57. The van der Waals surface area contributed by atoms with Gasteiger partial charge in [-0.3, -0.25) is 24.5 Å². The fourth-order valence-electron chi connectivity index (χ4n) is 2.63. The van der Waals surface area contributed by atoms with Crippen LogP contribution in [0.2, 0.25) is 0 Å². The normalized spacial score (nSPS) is 13.0. The molecule has 0 heterocycles. The van der Waals surface area contributed by atoms with E-state index in [1.54, 1.807) is 13.8 Å². The highest BCUT2D eigenvalue weighted by molar-refractivity contribution is 6.05. The number of carbonyl (C=O) groups excluding carboxylic acids is 3. The second-order valence-corrected chi connectivity index (χ2v) is 5.35. The molecule has 2 atom stereocenters. The number of carbonyl (C=O) groups is 3. The summed E-state index contributed by atoms with van der Waals surface area (Å²) in [6.45, 7) is 4.60. The minimum absolute atomic E-state index is 0.0498. The first-order valence-electron chi connectivity index (χ1n) is 7.78. The van der Waals surface area contributed by atoms with Crippen LogP contribution in [0.4, 0.5) is 5.69 Å². The van der Waals surface area contributed by atoms with Crippen molar-refractivity contribution in [2.75, 3.05) is 6.61 Å². The van der Waals surface area contributed by atoms with Gasteiger partial charge in [-0.2, -0.15) is 0 Å². The van der Waals surface area contributed by atoms with Crippen LogP contribution in [0.25, 0.3) is 0 Å². The molecule has 24 heavy (non-hydrogen) atoms. The molecule has 7 heteroatoms. The summed E-state index contributed by atoms with van der Waals surface area (Å²) in [5, 5.41) is 11.3. The molecule has 2 unspecified atom stereocenters. The number of Topliss-reactive ketones (excluding diaryl/α,β-unsaturated/α-hetero) is 2. The quantitative estimate of drug-likeness (QED) is 0.297. The lowest BCUT2D eigenvalue weighted by molar-refractivity contribution is -0.385. The van der Waals surface area contributed by atoms with Crippen molar-refractivity contribution in [2.24, 2.45) is 5.92 Å². The van der Waals surface area contributed by atoms with Crippen LogP contribution in [0.15, 0.2) is 24.3 Å². The van der Waals surface area contributed by atoms with Crippen LogP contribution in [0.1, 0.15) is 45.1 Å². The molecule has 0 radical (unpaired) electrons. The molecule has 0 spiro atoms. The topological polar surface area (TPSA) is 104 Å². The molecular formula is C17H21NO6. The van der Waals surface area contributed by atoms with E-state index < -0.39 is 28.5 Å². The summed E-state index contributed by atoms with van der Waals surface area (Å²) in [5.41, 5.74) is -0.225.